The summed E-state index contributed by atoms with van der Waals surface area (Å²) in [7, 11) is 0. The Morgan fingerprint density at radius 3 is 2.44 bits per heavy atom. The van der Waals surface area contributed by atoms with Gasteiger partial charge in [0.15, 0.2) is 11.6 Å². The molecule has 1 saturated heterocycles. The lowest BCUT2D eigenvalue weighted by molar-refractivity contribution is 0.208. The third-order valence-corrected chi connectivity index (χ3v) is 4.54. The lowest BCUT2D eigenvalue weighted by Crippen LogP contribution is -2.50. The largest absolute Gasteiger partial charge is 0.352 e. The highest BCUT2D eigenvalue weighted by atomic mass is 16.2. The van der Waals surface area contributed by atoms with Gasteiger partial charge < -0.3 is 15.1 Å². The zero-order chi connectivity index (χ0) is 18.6. The fraction of sp³-hybridized carbons (Fsp3) is 0.263. The Hall–Kier alpha value is -3.42. The average molecular weight is 363 g/mol. The topological polar surface area (TPSA) is 79.2 Å². The molecule has 3 aromatic rings. The minimum Gasteiger partial charge on any atom is -0.352 e. The summed E-state index contributed by atoms with van der Waals surface area (Å²) in [5.74, 6) is 1.49. The summed E-state index contributed by atoms with van der Waals surface area (Å²) in [6, 6.07) is 13.4. The highest BCUT2D eigenvalue weighted by Crippen LogP contribution is 2.15. The van der Waals surface area contributed by atoms with E-state index in [1.807, 2.05) is 60.5 Å². The molecule has 1 fully saturated rings. The number of hydrogen-bond donors (Lipinski definition) is 1. The molecule has 1 aliphatic rings. The second-order valence-electron chi connectivity index (χ2n) is 6.47. The van der Waals surface area contributed by atoms with E-state index in [-0.39, 0.29) is 6.03 Å². The number of rotatable bonds is 3. The number of anilines is 2. The molecule has 138 valence electrons. The minimum atomic E-state index is -0.0691. The molecule has 2 amide bonds. The van der Waals surface area contributed by atoms with E-state index in [1.54, 1.807) is 10.9 Å². The van der Waals surface area contributed by atoms with Gasteiger partial charge in [0.2, 0.25) is 0 Å². The first-order chi connectivity index (χ1) is 13.2. The zero-order valence-electron chi connectivity index (χ0n) is 15.1. The summed E-state index contributed by atoms with van der Waals surface area (Å²) in [5.41, 5.74) is 1.94. The van der Waals surface area contributed by atoms with E-state index in [4.69, 9.17) is 0 Å². The molecule has 0 spiro atoms. The first-order valence-electron chi connectivity index (χ1n) is 8.90. The molecule has 0 bridgehead atoms. The summed E-state index contributed by atoms with van der Waals surface area (Å²) >= 11 is 0. The summed E-state index contributed by atoms with van der Waals surface area (Å²) in [5, 5.41) is 15.6. The van der Waals surface area contributed by atoms with Gasteiger partial charge in [0, 0.05) is 44.3 Å². The van der Waals surface area contributed by atoms with E-state index in [0.717, 1.165) is 30.2 Å². The molecule has 2 aromatic heterocycles. The van der Waals surface area contributed by atoms with Gasteiger partial charge in [-0.3, -0.25) is 0 Å². The first kappa shape index (κ1) is 17.0. The molecule has 0 saturated carbocycles. The second kappa shape index (κ2) is 7.45. The first-order valence-corrected chi connectivity index (χ1v) is 8.90. The van der Waals surface area contributed by atoms with Crippen molar-refractivity contribution >= 4 is 17.5 Å². The number of carbonyl (C=O) groups excluding carboxylic acids is 1. The van der Waals surface area contributed by atoms with Crippen molar-refractivity contribution in [2.75, 3.05) is 36.4 Å². The summed E-state index contributed by atoms with van der Waals surface area (Å²) < 4.78 is 1.67. The number of piperazine rings is 1. The number of aryl methyl sites for hydroxylation is 1. The smallest absolute Gasteiger partial charge is 0.321 e. The molecular weight excluding hydrogens is 342 g/mol. The predicted molar refractivity (Wildman–Crippen MR) is 103 cm³/mol. The van der Waals surface area contributed by atoms with Gasteiger partial charge in [0.25, 0.3) is 0 Å². The Bertz CT molecular complexity index is 900. The number of nitrogens with zero attached hydrogens (tertiary/aromatic N) is 6. The molecule has 27 heavy (non-hydrogen) atoms. The normalized spacial score (nSPS) is 14.3. The maximum absolute atomic E-state index is 12.5. The van der Waals surface area contributed by atoms with Crippen molar-refractivity contribution in [2.45, 2.75) is 6.92 Å². The van der Waals surface area contributed by atoms with E-state index in [9.17, 15) is 4.79 Å². The highest BCUT2D eigenvalue weighted by molar-refractivity contribution is 5.89. The lowest BCUT2D eigenvalue weighted by atomic mass is 10.2. The molecule has 1 N–H and O–H groups in total. The Kier molecular flexibility index (Phi) is 4.69. The van der Waals surface area contributed by atoms with Gasteiger partial charge >= 0.3 is 6.03 Å². The molecule has 8 nitrogen and oxygen atoms in total. The molecule has 1 aliphatic heterocycles. The molecular formula is C19H21N7O. The van der Waals surface area contributed by atoms with Crippen LogP contribution in [-0.2, 0) is 0 Å². The summed E-state index contributed by atoms with van der Waals surface area (Å²) in [6.07, 6.45) is 3.53. The lowest BCUT2D eigenvalue weighted by Gasteiger charge is -2.35. The molecule has 1 aromatic carbocycles. The molecule has 4 rings (SSSR count). The maximum atomic E-state index is 12.5. The number of urea groups is 1. The SMILES string of the molecule is Cc1cccc(NC(=O)N2CCN(c3ccc(-n4cccn4)nn3)CC2)c1. The van der Waals surface area contributed by atoms with Crippen LogP contribution in [0.1, 0.15) is 5.56 Å². The van der Waals surface area contributed by atoms with Crippen LogP contribution in [-0.4, -0.2) is 57.1 Å². The fourth-order valence-corrected chi connectivity index (χ4v) is 3.08. The van der Waals surface area contributed by atoms with Crippen LogP contribution in [0.3, 0.4) is 0 Å². The predicted octanol–water partition coefficient (Wildman–Crippen LogP) is 2.32. The van der Waals surface area contributed by atoms with Gasteiger partial charge in [-0.1, -0.05) is 12.1 Å². The quantitative estimate of drug-likeness (QED) is 0.773. The molecule has 0 atom stereocenters. The van der Waals surface area contributed by atoms with Crippen molar-refractivity contribution in [3.63, 3.8) is 0 Å². The van der Waals surface area contributed by atoms with Crippen LogP contribution >= 0.6 is 0 Å². The van der Waals surface area contributed by atoms with E-state index < -0.39 is 0 Å². The van der Waals surface area contributed by atoms with Crippen LogP contribution in [0, 0.1) is 6.92 Å². The van der Waals surface area contributed by atoms with Gasteiger partial charge in [-0.2, -0.15) is 5.10 Å². The van der Waals surface area contributed by atoms with Crippen LogP contribution in [0.4, 0.5) is 16.3 Å². The van der Waals surface area contributed by atoms with E-state index in [2.05, 4.69) is 25.5 Å². The Morgan fingerprint density at radius 2 is 1.78 bits per heavy atom. The van der Waals surface area contributed by atoms with Crippen molar-refractivity contribution in [1.82, 2.24) is 24.9 Å². The maximum Gasteiger partial charge on any atom is 0.321 e. The average Bonchev–Trinajstić information content (AvgIpc) is 3.23. The minimum absolute atomic E-state index is 0.0691. The van der Waals surface area contributed by atoms with Gasteiger partial charge in [-0.25, -0.2) is 9.48 Å². The Labute approximate surface area is 157 Å². The van der Waals surface area contributed by atoms with Crippen molar-refractivity contribution in [2.24, 2.45) is 0 Å². The van der Waals surface area contributed by atoms with Crippen molar-refractivity contribution in [3.8, 4) is 5.82 Å². The molecule has 8 heteroatoms. The second-order valence-corrected chi connectivity index (χ2v) is 6.47. The standard InChI is InChI=1S/C19H21N7O/c1-15-4-2-5-16(14-15)21-19(27)25-12-10-24(11-13-25)17-6-7-18(23-22-17)26-9-3-8-20-26/h2-9,14H,10-13H2,1H3,(H,21,27). The Balaban J connectivity index is 1.34. The molecule has 0 aliphatic carbocycles. The number of amides is 2. The van der Waals surface area contributed by atoms with Gasteiger partial charge in [-0.05, 0) is 42.8 Å². The van der Waals surface area contributed by atoms with Crippen molar-refractivity contribution < 1.29 is 4.79 Å². The van der Waals surface area contributed by atoms with Crippen LogP contribution in [0.2, 0.25) is 0 Å². The number of aromatic nitrogens is 4. The van der Waals surface area contributed by atoms with E-state index >= 15 is 0 Å². The molecule has 0 unspecified atom stereocenters. The van der Waals surface area contributed by atoms with Crippen molar-refractivity contribution in [3.05, 3.63) is 60.4 Å². The zero-order valence-corrected chi connectivity index (χ0v) is 15.1. The summed E-state index contributed by atoms with van der Waals surface area (Å²) in [6.45, 7) is 4.72. The third kappa shape index (κ3) is 3.89. The van der Waals surface area contributed by atoms with Crippen LogP contribution in [0.25, 0.3) is 5.82 Å². The monoisotopic (exact) mass is 363 g/mol. The summed E-state index contributed by atoms with van der Waals surface area (Å²) in [4.78, 5) is 16.4. The van der Waals surface area contributed by atoms with Crippen molar-refractivity contribution in [1.29, 1.82) is 0 Å². The molecule has 3 heterocycles. The van der Waals surface area contributed by atoms with Gasteiger partial charge in [0.1, 0.15) is 0 Å². The fourth-order valence-electron chi connectivity index (χ4n) is 3.08. The number of benzene rings is 1. The van der Waals surface area contributed by atoms with Crippen LogP contribution in [0.15, 0.2) is 54.9 Å². The van der Waals surface area contributed by atoms with E-state index in [0.29, 0.717) is 18.9 Å². The van der Waals surface area contributed by atoms with E-state index in [1.165, 1.54) is 0 Å². The van der Waals surface area contributed by atoms with Gasteiger partial charge in [-0.15, -0.1) is 10.2 Å². The van der Waals surface area contributed by atoms with Crippen LogP contribution < -0.4 is 10.2 Å². The third-order valence-electron chi connectivity index (χ3n) is 4.54. The highest BCUT2D eigenvalue weighted by Gasteiger charge is 2.22. The van der Waals surface area contributed by atoms with Crippen LogP contribution in [0.5, 0.6) is 0 Å². The molecule has 0 radical (unpaired) electrons. The number of hydrogen-bond acceptors (Lipinski definition) is 5. The number of carbonyl (C=O) groups is 1. The van der Waals surface area contributed by atoms with Gasteiger partial charge in [0.05, 0.1) is 0 Å². The number of nitrogens with one attached hydrogen (secondary N) is 1. The Morgan fingerprint density at radius 1 is 1.00 bits per heavy atom.